The van der Waals surface area contributed by atoms with Gasteiger partial charge in [0.2, 0.25) is 11.8 Å². The van der Waals surface area contributed by atoms with Crippen molar-refractivity contribution in [1.29, 1.82) is 0 Å². The Morgan fingerprint density at radius 2 is 1.79 bits per heavy atom. The molecule has 0 spiro atoms. The Labute approximate surface area is 169 Å². The van der Waals surface area contributed by atoms with E-state index in [-0.39, 0.29) is 30.6 Å². The number of ether oxygens (including phenoxy) is 1. The van der Waals surface area contributed by atoms with Crippen LogP contribution in [-0.4, -0.2) is 36.4 Å². The summed E-state index contributed by atoms with van der Waals surface area (Å²) in [4.78, 5) is 26.3. The summed E-state index contributed by atoms with van der Waals surface area (Å²) in [6, 6.07) is 12.2. The van der Waals surface area contributed by atoms with E-state index in [1.54, 1.807) is 43.3 Å². The summed E-state index contributed by atoms with van der Waals surface area (Å²) in [6.45, 7) is 2.27. The molecule has 0 saturated heterocycles. The maximum Gasteiger partial charge on any atom is 0.242 e. The molecular weight excluding hydrogens is 383 g/mol. The number of likely N-dealkylation sites (N-methyl/N-ethyl adjacent to an activating group) is 1. The molecule has 7 heteroatoms. The van der Waals surface area contributed by atoms with Crippen LogP contribution in [0.2, 0.25) is 5.02 Å². The molecular formula is C21H24ClFN2O3. The second-order valence-electron chi connectivity index (χ2n) is 6.34. The SMILES string of the molecule is CNC(=O)C(C)N(Cc1ccc(F)cc1)C(=O)CCCOc1ccc(Cl)cc1. The van der Waals surface area contributed by atoms with E-state index in [2.05, 4.69) is 5.32 Å². The minimum Gasteiger partial charge on any atom is -0.494 e. The second kappa shape index (κ2) is 10.7. The molecule has 1 atom stereocenters. The minimum atomic E-state index is -0.639. The fourth-order valence-electron chi connectivity index (χ4n) is 2.67. The quantitative estimate of drug-likeness (QED) is 0.644. The molecule has 0 fully saturated rings. The Balaban J connectivity index is 1.94. The van der Waals surface area contributed by atoms with Crippen LogP contribution < -0.4 is 10.1 Å². The molecule has 5 nitrogen and oxygen atoms in total. The molecule has 0 saturated carbocycles. The monoisotopic (exact) mass is 406 g/mol. The largest absolute Gasteiger partial charge is 0.494 e. The summed E-state index contributed by atoms with van der Waals surface area (Å²) in [5, 5.41) is 3.19. The van der Waals surface area contributed by atoms with Crippen molar-refractivity contribution in [3.8, 4) is 5.75 Å². The maximum absolute atomic E-state index is 13.1. The smallest absolute Gasteiger partial charge is 0.242 e. The van der Waals surface area contributed by atoms with Gasteiger partial charge in [-0.25, -0.2) is 4.39 Å². The Hall–Kier alpha value is -2.60. The van der Waals surface area contributed by atoms with Crippen LogP contribution in [0.25, 0.3) is 0 Å². The van der Waals surface area contributed by atoms with Gasteiger partial charge in [-0.2, -0.15) is 0 Å². The van der Waals surface area contributed by atoms with Crippen LogP contribution >= 0.6 is 11.6 Å². The highest BCUT2D eigenvalue weighted by molar-refractivity contribution is 6.30. The van der Waals surface area contributed by atoms with Gasteiger partial charge in [-0.05, 0) is 55.3 Å². The Bertz CT molecular complexity index is 781. The van der Waals surface area contributed by atoms with Crippen molar-refractivity contribution < 1.29 is 18.7 Å². The summed E-state index contributed by atoms with van der Waals surface area (Å²) in [7, 11) is 1.53. The van der Waals surface area contributed by atoms with Crippen molar-refractivity contribution in [2.45, 2.75) is 32.4 Å². The van der Waals surface area contributed by atoms with Gasteiger partial charge in [0.25, 0.3) is 0 Å². The van der Waals surface area contributed by atoms with Gasteiger partial charge in [-0.1, -0.05) is 23.7 Å². The molecule has 2 aromatic rings. The van der Waals surface area contributed by atoms with Gasteiger partial charge >= 0.3 is 0 Å². The summed E-state index contributed by atoms with van der Waals surface area (Å²) in [5.74, 6) is -0.0907. The van der Waals surface area contributed by atoms with Crippen LogP contribution in [0.5, 0.6) is 5.75 Å². The predicted molar refractivity (Wildman–Crippen MR) is 107 cm³/mol. The average molecular weight is 407 g/mol. The molecule has 0 bridgehead atoms. The lowest BCUT2D eigenvalue weighted by Crippen LogP contribution is -2.46. The Kier molecular flexibility index (Phi) is 8.26. The number of hydrogen-bond donors (Lipinski definition) is 1. The number of halogens is 2. The van der Waals surface area contributed by atoms with E-state index >= 15 is 0 Å². The first-order chi connectivity index (χ1) is 13.4. The first kappa shape index (κ1) is 21.7. The zero-order valence-electron chi connectivity index (χ0n) is 16.0. The number of carbonyl (C=O) groups excluding carboxylic acids is 2. The number of hydrogen-bond acceptors (Lipinski definition) is 3. The van der Waals surface area contributed by atoms with Crippen LogP contribution in [0, 0.1) is 5.82 Å². The van der Waals surface area contributed by atoms with Crippen molar-refractivity contribution in [3.05, 3.63) is 64.9 Å². The molecule has 2 aromatic carbocycles. The zero-order valence-corrected chi connectivity index (χ0v) is 16.7. The molecule has 0 aliphatic carbocycles. The highest BCUT2D eigenvalue weighted by Gasteiger charge is 2.25. The third-order valence-corrected chi connectivity index (χ3v) is 4.55. The van der Waals surface area contributed by atoms with E-state index in [4.69, 9.17) is 16.3 Å². The Morgan fingerprint density at radius 3 is 2.39 bits per heavy atom. The molecule has 0 aromatic heterocycles. The second-order valence-corrected chi connectivity index (χ2v) is 6.78. The Morgan fingerprint density at radius 1 is 1.14 bits per heavy atom. The van der Waals surface area contributed by atoms with Gasteiger partial charge in [0, 0.05) is 25.0 Å². The van der Waals surface area contributed by atoms with Crippen LogP contribution in [0.1, 0.15) is 25.3 Å². The van der Waals surface area contributed by atoms with Crippen LogP contribution in [0.15, 0.2) is 48.5 Å². The molecule has 0 aliphatic heterocycles. The molecule has 1 unspecified atom stereocenters. The van der Waals surface area contributed by atoms with Crippen LogP contribution in [-0.2, 0) is 16.1 Å². The highest BCUT2D eigenvalue weighted by atomic mass is 35.5. The first-order valence-electron chi connectivity index (χ1n) is 9.04. The van der Waals surface area contributed by atoms with Gasteiger partial charge in [-0.3, -0.25) is 9.59 Å². The number of nitrogens with one attached hydrogen (secondary N) is 1. The van der Waals surface area contributed by atoms with Crippen molar-refractivity contribution >= 4 is 23.4 Å². The summed E-state index contributed by atoms with van der Waals surface area (Å²) >= 11 is 5.83. The molecule has 0 heterocycles. The molecule has 0 radical (unpaired) electrons. The molecule has 28 heavy (non-hydrogen) atoms. The van der Waals surface area contributed by atoms with Crippen LogP contribution in [0.4, 0.5) is 4.39 Å². The highest BCUT2D eigenvalue weighted by Crippen LogP contribution is 2.16. The maximum atomic E-state index is 13.1. The van der Waals surface area contributed by atoms with E-state index in [1.165, 1.54) is 24.1 Å². The summed E-state index contributed by atoms with van der Waals surface area (Å²) in [5.41, 5.74) is 0.753. The minimum absolute atomic E-state index is 0.167. The van der Waals surface area contributed by atoms with Gasteiger partial charge in [-0.15, -0.1) is 0 Å². The topological polar surface area (TPSA) is 58.6 Å². The zero-order chi connectivity index (χ0) is 20.5. The fraction of sp³-hybridized carbons (Fsp3) is 0.333. The van der Waals surface area contributed by atoms with E-state index < -0.39 is 6.04 Å². The number of carbonyl (C=O) groups is 2. The van der Waals surface area contributed by atoms with Gasteiger partial charge in [0.05, 0.1) is 6.61 Å². The number of amides is 2. The van der Waals surface area contributed by atoms with Gasteiger partial charge < -0.3 is 15.0 Å². The molecule has 1 N–H and O–H groups in total. The fourth-order valence-corrected chi connectivity index (χ4v) is 2.79. The number of nitrogens with zero attached hydrogens (tertiary/aromatic N) is 1. The molecule has 0 aliphatic rings. The first-order valence-corrected chi connectivity index (χ1v) is 9.42. The van der Waals surface area contributed by atoms with E-state index in [0.29, 0.717) is 23.8 Å². The van der Waals surface area contributed by atoms with E-state index in [1.807, 2.05) is 0 Å². The van der Waals surface area contributed by atoms with Gasteiger partial charge in [0.15, 0.2) is 0 Å². The van der Waals surface area contributed by atoms with Gasteiger partial charge in [0.1, 0.15) is 17.6 Å². The van der Waals surface area contributed by atoms with Crippen molar-refractivity contribution in [1.82, 2.24) is 10.2 Å². The van der Waals surface area contributed by atoms with E-state index in [9.17, 15) is 14.0 Å². The molecule has 2 rings (SSSR count). The predicted octanol–water partition coefficient (Wildman–Crippen LogP) is 3.80. The third kappa shape index (κ3) is 6.53. The van der Waals surface area contributed by atoms with Crippen LogP contribution in [0.3, 0.4) is 0 Å². The summed E-state index contributed by atoms with van der Waals surface area (Å²) in [6.07, 6.45) is 0.734. The van der Waals surface area contributed by atoms with Crippen molar-refractivity contribution in [3.63, 3.8) is 0 Å². The van der Waals surface area contributed by atoms with Crippen molar-refractivity contribution in [2.75, 3.05) is 13.7 Å². The lowest BCUT2D eigenvalue weighted by Gasteiger charge is -2.28. The lowest BCUT2D eigenvalue weighted by atomic mass is 10.1. The standard InChI is InChI=1S/C21H24ClFN2O3/c1-15(21(27)24-2)25(14-16-5-9-18(23)10-6-16)20(26)4-3-13-28-19-11-7-17(22)8-12-19/h5-12,15H,3-4,13-14H2,1-2H3,(H,24,27). The molecule has 150 valence electrons. The number of benzene rings is 2. The normalized spacial score (nSPS) is 11.6. The summed E-state index contributed by atoms with van der Waals surface area (Å²) < 4.78 is 18.7. The van der Waals surface area contributed by atoms with Crippen molar-refractivity contribution in [2.24, 2.45) is 0 Å². The average Bonchev–Trinajstić information content (AvgIpc) is 2.70. The number of rotatable bonds is 9. The van der Waals surface area contributed by atoms with E-state index in [0.717, 1.165) is 5.56 Å². The molecule has 2 amide bonds. The lowest BCUT2D eigenvalue weighted by molar-refractivity contribution is -0.140. The third-order valence-electron chi connectivity index (χ3n) is 4.30.